The van der Waals surface area contributed by atoms with Gasteiger partial charge in [-0.05, 0) is 19.9 Å². The number of carbonyl (C=O) groups is 1. The summed E-state index contributed by atoms with van der Waals surface area (Å²) < 4.78 is 0.0193. The molecule has 0 radical (unpaired) electrons. The standard InChI is InChI=1S/C12H14OS/c1-8-11(13)9-6-4-5-7-10(9)14-12(8,2)3/h4-8H,1-3H3. The van der Waals surface area contributed by atoms with Crippen LogP contribution in [0.15, 0.2) is 29.2 Å². The van der Waals surface area contributed by atoms with Gasteiger partial charge in [-0.15, -0.1) is 11.8 Å². The van der Waals surface area contributed by atoms with E-state index in [1.165, 1.54) is 0 Å². The van der Waals surface area contributed by atoms with Crippen molar-refractivity contribution in [1.82, 2.24) is 0 Å². The van der Waals surface area contributed by atoms with Crippen molar-refractivity contribution >= 4 is 17.5 Å². The highest BCUT2D eigenvalue weighted by Gasteiger charge is 2.38. The summed E-state index contributed by atoms with van der Waals surface area (Å²) in [7, 11) is 0. The number of ketones is 1. The molecule has 1 aromatic rings. The molecule has 0 aromatic heterocycles. The van der Waals surface area contributed by atoms with Gasteiger partial charge in [0.25, 0.3) is 0 Å². The third-order valence-corrected chi connectivity index (χ3v) is 4.42. The Morgan fingerprint density at radius 3 is 2.64 bits per heavy atom. The van der Waals surface area contributed by atoms with Crippen LogP contribution in [0.3, 0.4) is 0 Å². The predicted molar refractivity (Wildman–Crippen MR) is 59.9 cm³/mol. The van der Waals surface area contributed by atoms with Crippen LogP contribution >= 0.6 is 11.8 Å². The summed E-state index contributed by atoms with van der Waals surface area (Å²) in [5, 5.41) is 0. The lowest BCUT2D eigenvalue weighted by molar-refractivity contribution is 0.0903. The number of carbonyl (C=O) groups excluding carboxylic acids is 1. The molecule has 1 aliphatic heterocycles. The van der Waals surface area contributed by atoms with Gasteiger partial charge in [0.1, 0.15) is 0 Å². The Bertz CT molecular complexity index is 382. The summed E-state index contributed by atoms with van der Waals surface area (Å²) in [6, 6.07) is 7.88. The van der Waals surface area contributed by atoms with Crippen molar-refractivity contribution < 1.29 is 4.79 Å². The van der Waals surface area contributed by atoms with E-state index in [1.807, 2.05) is 31.2 Å². The lowest BCUT2D eigenvalue weighted by Crippen LogP contribution is -2.35. The van der Waals surface area contributed by atoms with Crippen LogP contribution in [0.1, 0.15) is 31.1 Å². The maximum atomic E-state index is 12.0. The topological polar surface area (TPSA) is 17.1 Å². The van der Waals surface area contributed by atoms with Crippen molar-refractivity contribution in [3.8, 4) is 0 Å². The van der Waals surface area contributed by atoms with E-state index >= 15 is 0 Å². The highest BCUT2D eigenvalue weighted by atomic mass is 32.2. The lowest BCUT2D eigenvalue weighted by Gasteiger charge is -2.35. The number of benzene rings is 1. The van der Waals surface area contributed by atoms with Crippen molar-refractivity contribution in [1.29, 1.82) is 0 Å². The summed E-state index contributed by atoms with van der Waals surface area (Å²) in [6.07, 6.45) is 0. The van der Waals surface area contributed by atoms with Crippen LogP contribution in [0.5, 0.6) is 0 Å². The minimum absolute atomic E-state index is 0.0193. The molecule has 1 atom stereocenters. The molecule has 0 fully saturated rings. The smallest absolute Gasteiger partial charge is 0.168 e. The van der Waals surface area contributed by atoms with Crippen molar-refractivity contribution in [3.63, 3.8) is 0 Å². The zero-order chi connectivity index (χ0) is 10.3. The average molecular weight is 206 g/mol. The fourth-order valence-corrected chi connectivity index (χ4v) is 2.96. The van der Waals surface area contributed by atoms with Gasteiger partial charge in [0.15, 0.2) is 5.78 Å². The molecule has 0 amide bonds. The zero-order valence-electron chi connectivity index (χ0n) is 8.70. The molecule has 0 bridgehead atoms. The van der Waals surface area contributed by atoms with Crippen LogP contribution in [0.4, 0.5) is 0 Å². The molecule has 1 aromatic carbocycles. The van der Waals surface area contributed by atoms with Crippen LogP contribution < -0.4 is 0 Å². The van der Waals surface area contributed by atoms with E-state index in [0.717, 1.165) is 10.5 Å². The van der Waals surface area contributed by atoms with E-state index in [-0.39, 0.29) is 16.4 Å². The molecule has 0 saturated heterocycles. The Hall–Kier alpha value is -0.760. The Morgan fingerprint density at radius 2 is 1.93 bits per heavy atom. The minimum Gasteiger partial charge on any atom is -0.294 e. The summed E-state index contributed by atoms with van der Waals surface area (Å²) in [5.41, 5.74) is 0.893. The largest absolute Gasteiger partial charge is 0.294 e. The molecule has 0 saturated carbocycles. The zero-order valence-corrected chi connectivity index (χ0v) is 9.52. The first-order valence-corrected chi connectivity index (χ1v) is 5.66. The van der Waals surface area contributed by atoms with Crippen LogP contribution in [0, 0.1) is 5.92 Å². The summed E-state index contributed by atoms with van der Waals surface area (Å²) in [4.78, 5) is 13.1. The molecule has 2 heteroatoms. The maximum absolute atomic E-state index is 12.0. The summed E-state index contributed by atoms with van der Waals surface area (Å²) >= 11 is 1.81. The quantitative estimate of drug-likeness (QED) is 0.647. The average Bonchev–Trinajstić information content (AvgIpc) is 2.14. The van der Waals surface area contributed by atoms with Gasteiger partial charge in [-0.1, -0.05) is 25.1 Å². The molecular weight excluding hydrogens is 192 g/mol. The molecule has 0 N–H and O–H groups in total. The van der Waals surface area contributed by atoms with Gasteiger partial charge >= 0.3 is 0 Å². The predicted octanol–water partition coefficient (Wildman–Crippen LogP) is 3.39. The number of Topliss-reactive ketones (excluding diaryl/α,β-unsaturated/α-hetero) is 1. The first-order chi connectivity index (χ1) is 6.52. The van der Waals surface area contributed by atoms with Crippen LogP contribution in [-0.2, 0) is 0 Å². The Kier molecular flexibility index (Phi) is 2.18. The number of hydrogen-bond acceptors (Lipinski definition) is 2. The van der Waals surface area contributed by atoms with E-state index in [9.17, 15) is 4.79 Å². The molecule has 14 heavy (non-hydrogen) atoms. The number of hydrogen-bond donors (Lipinski definition) is 0. The number of fused-ring (bicyclic) bond motifs is 1. The van der Waals surface area contributed by atoms with E-state index in [2.05, 4.69) is 13.8 Å². The first-order valence-electron chi connectivity index (χ1n) is 4.84. The third kappa shape index (κ3) is 1.38. The van der Waals surface area contributed by atoms with Crippen molar-refractivity contribution in [2.45, 2.75) is 30.4 Å². The molecule has 1 heterocycles. The van der Waals surface area contributed by atoms with Gasteiger partial charge in [-0.3, -0.25) is 4.79 Å². The van der Waals surface area contributed by atoms with Crippen molar-refractivity contribution in [3.05, 3.63) is 29.8 Å². The second-order valence-corrected chi connectivity index (χ2v) is 5.98. The van der Waals surface area contributed by atoms with E-state index in [1.54, 1.807) is 11.8 Å². The molecule has 1 unspecified atom stereocenters. The minimum atomic E-state index is 0.0193. The maximum Gasteiger partial charge on any atom is 0.168 e. The highest BCUT2D eigenvalue weighted by Crippen LogP contribution is 2.45. The van der Waals surface area contributed by atoms with Crippen molar-refractivity contribution in [2.24, 2.45) is 5.92 Å². The third-order valence-electron chi connectivity index (χ3n) is 2.96. The Morgan fingerprint density at radius 1 is 1.29 bits per heavy atom. The van der Waals surface area contributed by atoms with E-state index < -0.39 is 0 Å². The van der Waals surface area contributed by atoms with Gasteiger partial charge in [0, 0.05) is 21.1 Å². The van der Waals surface area contributed by atoms with Crippen LogP contribution in [0.25, 0.3) is 0 Å². The fourth-order valence-electron chi connectivity index (χ4n) is 1.68. The molecule has 1 aliphatic rings. The highest BCUT2D eigenvalue weighted by molar-refractivity contribution is 8.00. The van der Waals surface area contributed by atoms with Crippen LogP contribution in [0.2, 0.25) is 0 Å². The Balaban J connectivity index is 2.54. The SMILES string of the molecule is CC1C(=O)c2ccccc2SC1(C)C. The van der Waals surface area contributed by atoms with Gasteiger partial charge in [0.05, 0.1) is 0 Å². The van der Waals surface area contributed by atoms with Gasteiger partial charge in [-0.2, -0.15) is 0 Å². The molecule has 74 valence electrons. The molecule has 0 aliphatic carbocycles. The second-order valence-electron chi connectivity index (χ2n) is 4.29. The summed E-state index contributed by atoms with van der Waals surface area (Å²) in [5.74, 6) is 0.381. The van der Waals surface area contributed by atoms with Gasteiger partial charge in [0.2, 0.25) is 0 Å². The first kappa shape index (κ1) is 9.78. The second kappa shape index (κ2) is 3.13. The molecule has 2 rings (SSSR count). The molecule has 0 spiro atoms. The normalized spacial score (nSPS) is 24.5. The van der Waals surface area contributed by atoms with Crippen LogP contribution in [-0.4, -0.2) is 10.5 Å². The lowest BCUT2D eigenvalue weighted by atomic mass is 9.88. The fraction of sp³-hybridized carbons (Fsp3) is 0.417. The Labute approximate surface area is 88.9 Å². The van der Waals surface area contributed by atoms with Gasteiger partial charge < -0.3 is 0 Å². The van der Waals surface area contributed by atoms with Crippen molar-refractivity contribution in [2.75, 3.05) is 0 Å². The summed E-state index contributed by atoms with van der Waals surface area (Å²) in [6.45, 7) is 6.29. The number of thioether (sulfide) groups is 1. The molecule has 1 nitrogen and oxygen atoms in total. The molecular formula is C12H14OS. The van der Waals surface area contributed by atoms with E-state index in [0.29, 0.717) is 0 Å². The number of rotatable bonds is 0. The van der Waals surface area contributed by atoms with Gasteiger partial charge in [-0.25, -0.2) is 0 Å². The van der Waals surface area contributed by atoms with E-state index in [4.69, 9.17) is 0 Å². The monoisotopic (exact) mass is 206 g/mol.